The van der Waals surface area contributed by atoms with E-state index in [1.54, 1.807) is 12.2 Å². The van der Waals surface area contributed by atoms with E-state index in [-0.39, 0.29) is 5.78 Å². The summed E-state index contributed by atoms with van der Waals surface area (Å²) < 4.78 is 0.791. The highest BCUT2D eigenvalue weighted by Crippen LogP contribution is 1.99. The van der Waals surface area contributed by atoms with Crippen molar-refractivity contribution < 1.29 is 9.28 Å². The predicted molar refractivity (Wildman–Crippen MR) is 52.0 cm³/mol. The third kappa shape index (κ3) is 5.08. The molecule has 0 bridgehead atoms. The molecule has 70 valence electrons. The normalized spacial score (nSPS) is 12.3. The van der Waals surface area contributed by atoms with E-state index in [0.717, 1.165) is 17.4 Å². The topological polar surface area (TPSA) is 17.1 Å². The number of nitrogens with zero attached hydrogens (tertiary/aromatic N) is 1. The molecule has 0 saturated carbocycles. The van der Waals surface area contributed by atoms with E-state index in [4.69, 9.17) is 0 Å². The third-order valence-corrected chi connectivity index (χ3v) is 1.77. The fourth-order valence-electron chi connectivity index (χ4n) is 1.34. The first kappa shape index (κ1) is 11.4. The lowest BCUT2D eigenvalue weighted by Gasteiger charge is -2.27. The molecule has 0 unspecified atom stereocenters. The summed E-state index contributed by atoms with van der Waals surface area (Å²) in [7, 11) is 4.18. The lowest BCUT2D eigenvalue weighted by molar-refractivity contribution is -0.882. The highest BCUT2D eigenvalue weighted by molar-refractivity contribution is 5.90. The Morgan fingerprint density at radius 1 is 1.42 bits per heavy atom. The molecule has 0 N–H and O–H groups in total. The standard InChI is InChI=1S/C10H20NO/c1-5-7-10(12)9-11(3,4)8-6-2/h5,7H,6,8-9H2,1-4H3/q+1. The second-order valence-corrected chi connectivity index (χ2v) is 3.78. The molecule has 0 spiro atoms. The summed E-state index contributed by atoms with van der Waals surface area (Å²) in [4.78, 5) is 11.2. The van der Waals surface area contributed by atoms with Gasteiger partial charge in [0.25, 0.3) is 0 Å². The molecule has 0 aromatic carbocycles. The number of allylic oxidation sites excluding steroid dienone is 1. The SMILES string of the molecule is CC=CC(=O)C[N+](C)(C)CCC. The van der Waals surface area contributed by atoms with Crippen molar-refractivity contribution in [2.45, 2.75) is 20.3 Å². The molecule has 0 heterocycles. The van der Waals surface area contributed by atoms with Gasteiger partial charge in [0.05, 0.1) is 20.6 Å². The maximum absolute atomic E-state index is 11.2. The molecule has 0 saturated heterocycles. The zero-order chi connectivity index (χ0) is 9.61. The van der Waals surface area contributed by atoms with Crippen LogP contribution in [0.15, 0.2) is 12.2 Å². The van der Waals surface area contributed by atoms with E-state index in [2.05, 4.69) is 21.0 Å². The van der Waals surface area contributed by atoms with Crippen molar-refractivity contribution in [1.29, 1.82) is 0 Å². The summed E-state index contributed by atoms with van der Waals surface area (Å²) in [5, 5.41) is 0. The van der Waals surface area contributed by atoms with E-state index in [1.165, 1.54) is 0 Å². The van der Waals surface area contributed by atoms with Gasteiger partial charge in [-0.1, -0.05) is 13.0 Å². The molecular weight excluding hydrogens is 150 g/mol. The van der Waals surface area contributed by atoms with E-state index in [1.807, 2.05) is 6.92 Å². The summed E-state index contributed by atoms with van der Waals surface area (Å²) in [6.07, 6.45) is 4.57. The molecule has 0 amide bonds. The molecule has 2 heteroatoms. The molecule has 0 rings (SSSR count). The van der Waals surface area contributed by atoms with Crippen LogP contribution in [-0.2, 0) is 4.79 Å². The van der Waals surface area contributed by atoms with Crippen LogP contribution in [0.25, 0.3) is 0 Å². The van der Waals surface area contributed by atoms with Crippen molar-refractivity contribution in [3.05, 3.63) is 12.2 Å². The number of hydrogen-bond donors (Lipinski definition) is 0. The Bertz CT molecular complexity index is 171. The highest BCUT2D eigenvalue weighted by atomic mass is 16.1. The number of rotatable bonds is 5. The van der Waals surface area contributed by atoms with Crippen LogP contribution in [-0.4, -0.2) is 37.5 Å². The third-order valence-electron chi connectivity index (χ3n) is 1.77. The average Bonchev–Trinajstić information content (AvgIpc) is 1.85. The second kappa shape index (κ2) is 5.09. The van der Waals surface area contributed by atoms with Gasteiger partial charge in [-0.15, -0.1) is 0 Å². The Labute approximate surface area is 75.5 Å². The van der Waals surface area contributed by atoms with Gasteiger partial charge in [0.2, 0.25) is 5.78 Å². The predicted octanol–water partition coefficient (Wildman–Crippen LogP) is 1.62. The number of hydrogen-bond acceptors (Lipinski definition) is 1. The smallest absolute Gasteiger partial charge is 0.209 e. The van der Waals surface area contributed by atoms with Crippen molar-refractivity contribution in [2.24, 2.45) is 0 Å². The first-order valence-corrected chi connectivity index (χ1v) is 4.49. The molecule has 2 nitrogen and oxygen atoms in total. The number of ketones is 1. The number of quaternary nitrogens is 1. The van der Waals surface area contributed by atoms with Crippen LogP contribution in [0.3, 0.4) is 0 Å². The van der Waals surface area contributed by atoms with Crippen LogP contribution >= 0.6 is 0 Å². The molecular formula is C10H20NO+. The Balaban J connectivity index is 3.96. The summed E-state index contributed by atoms with van der Waals surface area (Å²) in [5.74, 6) is 0.218. The van der Waals surface area contributed by atoms with Gasteiger partial charge >= 0.3 is 0 Å². The lowest BCUT2D eigenvalue weighted by atomic mass is 10.3. The molecule has 0 radical (unpaired) electrons. The highest BCUT2D eigenvalue weighted by Gasteiger charge is 2.16. The monoisotopic (exact) mass is 170 g/mol. The van der Waals surface area contributed by atoms with Crippen LogP contribution in [0, 0.1) is 0 Å². The number of carbonyl (C=O) groups excluding carboxylic acids is 1. The summed E-state index contributed by atoms with van der Waals surface area (Å²) in [5.41, 5.74) is 0. The van der Waals surface area contributed by atoms with Crippen LogP contribution in [0.2, 0.25) is 0 Å². The minimum Gasteiger partial charge on any atom is -0.322 e. The van der Waals surface area contributed by atoms with Crippen LogP contribution in [0.5, 0.6) is 0 Å². The Morgan fingerprint density at radius 3 is 2.42 bits per heavy atom. The van der Waals surface area contributed by atoms with Gasteiger partial charge in [0.1, 0.15) is 6.54 Å². The first-order valence-electron chi connectivity index (χ1n) is 4.49. The summed E-state index contributed by atoms with van der Waals surface area (Å²) in [6, 6.07) is 0. The molecule has 0 aromatic heterocycles. The van der Waals surface area contributed by atoms with Crippen molar-refractivity contribution in [3.8, 4) is 0 Å². The van der Waals surface area contributed by atoms with E-state index in [9.17, 15) is 4.79 Å². The van der Waals surface area contributed by atoms with E-state index in [0.29, 0.717) is 6.54 Å². The second-order valence-electron chi connectivity index (χ2n) is 3.78. The number of likely N-dealkylation sites (N-methyl/N-ethyl adjacent to an activating group) is 1. The molecule has 0 aliphatic rings. The quantitative estimate of drug-likeness (QED) is 0.452. The van der Waals surface area contributed by atoms with Gasteiger partial charge < -0.3 is 4.48 Å². The largest absolute Gasteiger partial charge is 0.322 e. The molecule has 0 aromatic rings. The average molecular weight is 170 g/mol. The zero-order valence-corrected chi connectivity index (χ0v) is 8.63. The molecule has 0 atom stereocenters. The lowest BCUT2D eigenvalue weighted by Crippen LogP contribution is -2.43. The van der Waals surface area contributed by atoms with Crippen molar-refractivity contribution in [3.63, 3.8) is 0 Å². The summed E-state index contributed by atoms with van der Waals surface area (Å²) >= 11 is 0. The molecule has 0 fully saturated rings. The summed E-state index contributed by atoms with van der Waals surface area (Å²) in [6.45, 7) is 5.68. The van der Waals surface area contributed by atoms with Gasteiger partial charge in [-0.25, -0.2) is 0 Å². The van der Waals surface area contributed by atoms with Gasteiger partial charge in [0, 0.05) is 0 Å². The molecule has 0 aliphatic heterocycles. The fraction of sp³-hybridized carbons (Fsp3) is 0.700. The van der Waals surface area contributed by atoms with Crippen molar-refractivity contribution in [1.82, 2.24) is 0 Å². The van der Waals surface area contributed by atoms with E-state index < -0.39 is 0 Å². The van der Waals surface area contributed by atoms with Gasteiger partial charge in [-0.05, 0) is 19.4 Å². The zero-order valence-electron chi connectivity index (χ0n) is 8.63. The minimum atomic E-state index is 0.218. The maximum Gasteiger partial charge on any atom is 0.209 e. The Hall–Kier alpha value is -0.630. The fourth-order valence-corrected chi connectivity index (χ4v) is 1.34. The van der Waals surface area contributed by atoms with Gasteiger partial charge in [-0.3, -0.25) is 4.79 Å². The van der Waals surface area contributed by atoms with Gasteiger partial charge in [-0.2, -0.15) is 0 Å². The van der Waals surface area contributed by atoms with Crippen molar-refractivity contribution >= 4 is 5.78 Å². The van der Waals surface area contributed by atoms with Crippen LogP contribution in [0.1, 0.15) is 20.3 Å². The molecule has 12 heavy (non-hydrogen) atoms. The van der Waals surface area contributed by atoms with Crippen LogP contribution < -0.4 is 0 Å². The first-order chi connectivity index (χ1) is 5.52. The molecule has 0 aliphatic carbocycles. The van der Waals surface area contributed by atoms with E-state index >= 15 is 0 Å². The maximum atomic E-state index is 11.2. The van der Waals surface area contributed by atoms with Gasteiger partial charge in [0.15, 0.2) is 0 Å². The minimum absolute atomic E-state index is 0.218. The van der Waals surface area contributed by atoms with Crippen LogP contribution in [0.4, 0.5) is 0 Å². The number of carbonyl (C=O) groups is 1. The Morgan fingerprint density at radius 2 is 2.00 bits per heavy atom. The van der Waals surface area contributed by atoms with Crippen molar-refractivity contribution in [2.75, 3.05) is 27.2 Å². The Kier molecular flexibility index (Phi) is 4.83.